The van der Waals surface area contributed by atoms with Crippen molar-refractivity contribution in [3.8, 4) is 11.9 Å². The molecule has 6 nitrogen and oxygen atoms in total. The molecule has 0 saturated carbocycles. The Morgan fingerprint density at radius 2 is 2.00 bits per heavy atom. The molecule has 102 valence electrons. The van der Waals surface area contributed by atoms with Gasteiger partial charge in [0.05, 0.1) is 11.6 Å². The normalized spacial score (nSPS) is 9.70. The van der Waals surface area contributed by atoms with Gasteiger partial charge >= 0.3 is 0 Å². The zero-order chi connectivity index (χ0) is 14.5. The number of nitrogens with zero attached hydrogens (tertiary/aromatic N) is 3. The highest BCUT2D eigenvalue weighted by Gasteiger charge is 2.05. The second-order valence-corrected chi connectivity index (χ2v) is 4.75. The van der Waals surface area contributed by atoms with Crippen LogP contribution in [0.25, 0.3) is 0 Å². The van der Waals surface area contributed by atoms with Crippen LogP contribution >= 0.6 is 15.9 Å². The molecule has 1 aromatic carbocycles. The van der Waals surface area contributed by atoms with Crippen molar-refractivity contribution in [2.45, 2.75) is 6.92 Å². The number of halogens is 1. The third kappa shape index (κ3) is 3.36. The summed E-state index contributed by atoms with van der Waals surface area (Å²) in [5.41, 5.74) is 0.846. The quantitative estimate of drug-likeness (QED) is 0.660. The second-order valence-electron chi connectivity index (χ2n) is 3.90. The van der Waals surface area contributed by atoms with E-state index in [4.69, 9.17) is 10.00 Å². The van der Waals surface area contributed by atoms with Crippen LogP contribution in [-0.2, 0) is 0 Å². The number of nitriles is 1. The lowest BCUT2D eigenvalue weighted by Crippen LogP contribution is -2.01. The highest BCUT2D eigenvalue weighted by atomic mass is 79.9. The van der Waals surface area contributed by atoms with Gasteiger partial charge in [0.1, 0.15) is 23.2 Å². The number of nitrogens with one attached hydrogen (secondary N) is 2. The van der Waals surface area contributed by atoms with Crippen LogP contribution in [0, 0.1) is 18.4 Å². The lowest BCUT2D eigenvalue weighted by molar-refractivity contribution is 0.412. The van der Waals surface area contributed by atoms with Crippen LogP contribution in [0.1, 0.15) is 5.82 Å². The van der Waals surface area contributed by atoms with Gasteiger partial charge < -0.3 is 10.1 Å². The highest BCUT2D eigenvalue weighted by Crippen LogP contribution is 2.29. The van der Waals surface area contributed by atoms with Crippen LogP contribution in [0.2, 0.25) is 0 Å². The van der Waals surface area contributed by atoms with Gasteiger partial charge in [0.25, 0.3) is 0 Å². The number of benzene rings is 1. The molecule has 0 radical (unpaired) electrons. The summed E-state index contributed by atoms with van der Waals surface area (Å²) in [6.07, 6.45) is 1.83. The molecule has 2 aromatic rings. The Morgan fingerprint density at radius 3 is 2.65 bits per heavy atom. The molecule has 0 aliphatic heterocycles. The fourth-order valence-electron chi connectivity index (χ4n) is 1.65. The summed E-state index contributed by atoms with van der Waals surface area (Å²) in [4.78, 5) is 8.36. The smallest absolute Gasteiger partial charge is 0.182 e. The van der Waals surface area contributed by atoms with E-state index in [1.807, 2.05) is 24.4 Å². The van der Waals surface area contributed by atoms with Crippen molar-refractivity contribution in [3.63, 3.8) is 0 Å². The number of anilines is 3. The lowest BCUT2D eigenvalue weighted by Gasteiger charge is -2.09. The summed E-state index contributed by atoms with van der Waals surface area (Å²) in [5.74, 6) is 2.38. The first-order valence-electron chi connectivity index (χ1n) is 5.73. The summed E-state index contributed by atoms with van der Waals surface area (Å²) >= 11 is 3.42. The molecule has 0 amide bonds. The first kappa shape index (κ1) is 14.1. The number of ether oxygens (including phenoxy) is 1. The summed E-state index contributed by atoms with van der Waals surface area (Å²) in [5, 5.41) is 14.3. The van der Waals surface area contributed by atoms with Gasteiger partial charge in [-0.25, -0.2) is 9.97 Å². The van der Waals surface area contributed by atoms with Crippen molar-refractivity contribution >= 4 is 33.3 Å². The van der Waals surface area contributed by atoms with Crippen molar-refractivity contribution in [1.82, 2.24) is 9.97 Å². The molecule has 0 spiro atoms. The molecule has 0 unspecified atom stereocenters. The van der Waals surface area contributed by atoms with E-state index in [0.717, 1.165) is 15.9 Å². The lowest BCUT2D eigenvalue weighted by atomic mass is 10.3. The predicted molar refractivity (Wildman–Crippen MR) is 80.0 cm³/mol. The first-order valence-corrected chi connectivity index (χ1v) is 6.53. The number of hydrogen-bond acceptors (Lipinski definition) is 6. The molecular formula is C13H12BrN5O. The molecule has 0 aliphatic rings. The van der Waals surface area contributed by atoms with Crippen LogP contribution in [0.15, 0.2) is 28.7 Å². The molecule has 0 bridgehead atoms. The maximum atomic E-state index is 8.62. The molecular weight excluding hydrogens is 322 g/mol. The van der Waals surface area contributed by atoms with Crippen LogP contribution in [0.3, 0.4) is 0 Å². The van der Waals surface area contributed by atoms with Crippen molar-refractivity contribution in [1.29, 1.82) is 5.26 Å². The molecule has 1 aromatic heterocycles. The van der Waals surface area contributed by atoms with E-state index < -0.39 is 0 Å². The van der Waals surface area contributed by atoms with Crippen molar-refractivity contribution < 1.29 is 4.74 Å². The molecule has 1 heterocycles. The maximum absolute atomic E-state index is 8.62. The standard InChI is InChI=1S/C13H12BrN5O/c1-8-17-12(16-7-15)6-13(18-8)19-9-3-4-11(20-2)10(14)5-9/h3-6H,1-2H3,(H2,16,17,18,19). The van der Waals surface area contributed by atoms with Crippen LogP contribution < -0.4 is 15.4 Å². The first-order chi connectivity index (χ1) is 9.62. The van der Waals surface area contributed by atoms with E-state index in [1.54, 1.807) is 20.1 Å². The molecule has 20 heavy (non-hydrogen) atoms. The SMILES string of the molecule is COc1ccc(Nc2cc(NC#N)nc(C)n2)cc1Br. The number of aromatic nitrogens is 2. The number of hydrogen-bond donors (Lipinski definition) is 2. The van der Waals surface area contributed by atoms with Gasteiger partial charge in [0.15, 0.2) is 6.19 Å². The van der Waals surface area contributed by atoms with Gasteiger partial charge in [0.2, 0.25) is 0 Å². The van der Waals surface area contributed by atoms with E-state index in [-0.39, 0.29) is 0 Å². The molecule has 2 N–H and O–H groups in total. The molecule has 0 atom stereocenters. The Hall–Kier alpha value is -2.33. The fraction of sp³-hybridized carbons (Fsp3) is 0.154. The maximum Gasteiger partial charge on any atom is 0.182 e. The van der Waals surface area contributed by atoms with Crippen LogP contribution in [-0.4, -0.2) is 17.1 Å². The Bertz CT molecular complexity index is 668. The van der Waals surface area contributed by atoms with Crippen LogP contribution in [0.5, 0.6) is 5.75 Å². The number of methoxy groups -OCH3 is 1. The van der Waals surface area contributed by atoms with Gasteiger partial charge in [-0.05, 0) is 41.1 Å². The van der Waals surface area contributed by atoms with E-state index in [1.165, 1.54) is 0 Å². The van der Waals surface area contributed by atoms with Crippen molar-refractivity contribution in [3.05, 3.63) is 34.6 Å². The summed E-state index contributed by atoms with van der Waals surface area (Å²) in [6, 6.07) is 7.26. The molecule has 0 fully saturated rings. The van der Waals surface area contributed by atoms with Gasteiger partial charge in [-0.1, -0.05) is 0 Å². The Kier molecular flexibility index (Phi) is 4.38. The minimum absolute atomic E-state index is 0.454. The monoisotopic (exact) mass is 333 g/mol. The Labute approximate surface area is 124 Å². The minimum Gasteiger partial charge on any atom is -0.496 e. The second kappa shape index (κ2) is 6.21. The zero-order valence-electron chi connectivity index (χ0n) is 10.9. The van der Waals surface area contributed by atoms with Gasteiger partial charge in [-0.2, -0.15) is 5.26 Å². The van der Waals surface area contributed by atoms with Gasteiger partial charge in [-0.15, -0.1) is 0 Å². The van der Waals surface area contributed by atoms with Gasteiger partial charge in [0, 0.05) is 11.8 Å². The van der Waals surface area contributed by atoms with Crippen molar-refractivity contribution in [2.24, 2.45) is 0 Å². The summed E-state index contributed by atoms with van der Waals surface area (Å²) in [6.45, 7) is 1.76. The zero-order valence-corrected chi connectivity index (χ0v) is 12.5. The van der Waals surface area contributed by atoms with E-state index >= 15 is 0 Å². The van der Waals surface area contributed by atoms with Crippen molar-refractivity contribution in [2.75, 3.05) is 17.7 Å². The highest BCUT2D eigenvalue weighted by molar-refractivity contribution is 9.10. The number of aryl methyl sites for hydroxylation is 1. The molecule has 0 aliphatic carbocycles. The largest absolute Gasteiger partial charge is 0.496 e. The van der Waals surface area contributed by atoms with E-state index in [2.05, 4.69) is 36.5 Å². The predicted octanol–water partition coefficient (Wildman–Crippen LogP) is 3.19. The Morgan fingerprint density at radius 1 is 1.25 bits per heavy atom. The van der Waals surface area contributed by atoms with Crippen LogP contribution in [0.4, 0.5) is 17.3 Å². The minimum atomic E-state index is 0.454. The van der Waals surface area contributed by atoms with E-state index in [9.17, 15) is 0 Å². The van der Waals surface area contributed by atoms with Gasteiger partial charge in [-0.3, -0.25) is 5.32 Å². The van der Waals surface area contributed by atoms with E-state index in [0.29, 0.717) is 17.5 Å². The number of rotatable bonds is 4. The average Bonchev–Trinajstić information content (AvgIpc) is 2.38. The molecule has 0 saturated heterocycles. The topological polar surface area (TPSA) is 82.9 Å². The Balaban J connectivity index is 2.25. The summed E-state index contributed by atoms with van der Waals surface area (Å²) < 4.78 is 6.01. The third-order valence-corrected chi connectivity index (χ3v) is 3.07. The molecule has 2 rings (SSSR count). The third-order valence-electron chi connectivity index (χ3n) is 2.45. The summed E-state index contributed by atoms with van der Waals surface area (Å²) in [7, 11) is 1.61. The average molecular weight is 334 g/mol. The fourth-order valence-corrected chi connectivity index (χ4v) is 2.19. The molecule has 7 heteroatoms.